The lowest BCUT2D eigenvalue weighted by Crippen LogP contribution is -2.27. The summed E-state index contributed by atoms with van der Waals surface area (Å²) in [4.78, 5) is 10.9. The summed E-state index contributed by atoms with van der Waals surface area (Å²) in [5.74, 6) is 1.95. The van der Waals surface area contributed by atoms with Gasteiger partial charge in [0.2, 0.25) is 0 Å². The van der Waals surface area contributed by atoms with Crippen LogP contribution in [0, 0.1) is 0 Å². The summed E-state index contributed by atoms with van der Waals surface area (Å²) in [7, 11) is 0. The number of nitrogens with zero attached hydrogens (tertiary/aromatic N) is 3. The molecule has 16 heavy (non-hydrogen) atoms. The van der Waals surface area contributed by atoms with Gasteiger partial charge in [-0.1, -0.05) is 0 Å². The van der Waals surface area contributed by atoms with Crippen LogP contribution in [0.5, 0.6) is 0 Å². The molecule has 1 aliphatic heterocycles. The highest BCUT2D eigenvalue weighted by Gasteiger charge is 2.15. The van der Waals surface area contributed by atoms with Crippen LogP contribution in [0.4, 0.5) is 11.6 Å². The summed E-state index contributed by atoms with van der Waals surface area (Å²) in [5.41, 5.74) is 0.0383. The average Bonchev–Trinajstić information content (AvgIpc) is 2.68. The molecule has 0 atom stereocenters. The molecule has 2 heterocycles. The Morgan fingerprint density at radius 2 is 1.88 bits per heavy atom. The maximum atomic E-state index is 4.33. The predicted molar refractivity (Wildman–Crippen MR) is 66.9 cm³/mol. The lowest BCUT2D eigenvalue weighted by molar-refractivity contribution is 0.630. The maximum absolute atomic E-state index is 4.33. The maximum Gasteiger partial charge on any atom is 0.134 e. The van der Waals surface area contributed by atoms with E-state index in [2.05, 4.69) is 41.0 Å². The van der Waals surface area contributed by atoms with Gasteiger partial charge >= 0.3 is 0 Å². The van der Waals surface area contributed by atoms with Gasteiger partial charge in [0.15, 0.2) is 0 Å². The Kier molecular flexibility index (Phi) is 2.99. The molecule has 1 N–H and O–H groups in total. The molecule has 1 saturated heterocycles. The van der Waals surface area contributed by atoms with E-state index in [9.17, 15) is 0 Å². The van der Waals surface area contributed by atoms with E-state index in [1.807, 2.05) is 6.07 Å². The Morgan fingerprint density at radius 1 is 1.19 bits per heavy atom. The van der Waals surface area contributed by atoms with Crippen LogP contribution < -0.4 is 10.2 Å². The predicted octanol–water partition coefficient (Wildman–Crippen LogP) is 2.29. The molecule has 1 aromatic heterocycles. The van der Waals surface area contributed by atoms with E-state index in [0.717, 1.165) is 24.7 Å². The van der Waals surface area contributed by atoms with Crippen molar-refractivity contribution >= 4 is 11.6 Å². The fourth-order valence-corrected chi connectivity index (χ4v) is 1.92. The van der Waals surface area contributed by atoms with Gasteiger partial charge in [-0.3, -0.25) is 0 Å². The van der Waals surface area contributed by atoms with Crippen molar-refractivity contribution in [1.82, 2.24) is 9.97 Å². The van der Waals surface area contributed by atoms with Gasteiger partial charge in [-0.15, -0.1) is 0 Å². The molecule has 1 aliphatic rings. The highest BCUT2D eigenvalue weighted by molar-refractivity contribution is 5.49. The first-order chi connectivity index (χ1) is 7.54. The lowest BCUT2D eigenvalue weighted by Gasteiger charge is -2.22. The summed E-state index contributed by atoms with van der Waals surface area (Å²) in [5, 5.41) is 3.37. The second-order valence-electron chi connectivity index (χ2n) is 5.33. The van der Waals surface area contributed by atoms with Gasteiger partial charge in [-0.25, -0.2) is 9.97 Å². The van der Waals surface area contributed by atoms with Crippen LogP contribution in [-0.4, -0.2) is 28.6 Å². The molecule has 0 aromatic carbocycles. The van der Waals surface area contributed by atoms with Crippen molar-refractivity contribution in [1.29, 1.82) is 0 Å². The van der Waals surface area contributed by atoms with Crippen molar-refractivity contribution in [3.05, 3.63) is 12.4 Å². The molecule has 0 radical (unpaired) electrons. The number of hydrogen-bond donors (Lipinski definition) is 1. The van der Waals surface area contributed by atoms with Crippen LogP contribution in [0.2, 0.25) is 0 Å². The molecule has 0 aliphatic carbocycles. The zero-order valence-electron chi connectivity index (χ0n) is 10.3. The van der Waals surface area contributed by atoms with Crippen molar-refractivity contribution < 1.29 is 0 Å². The van der Waals surface area contributed by atoms with Gasteiger partial charge in [0.1, 0.15) is 18.0 Å². The molecular weight excluding hydrogens is 200 g/mol. The third-order valence-corrected chi connectivity index (χ3v) is 2.59. The van der Waals surface area contributed by atoms with Crippen LogP contribution in [-0.2, 0) is 0 Å². The topological polar surface area (TPSA) is 41.0 Å². The minimum absolute atomic E-state index is 0.0383. The molecule has 4 heteroatoms. The largest absolute Gasteiger partial charge is 0.365 e. The Hall–Kier alpha value is -1.32. The SMILES string of the molecule is CC(C)(C)Nc1cc(N2CCCC2)ncn1. The van der Waals surface area contributed by atoms with Crippen LogP contribution in [0.15, 0.2) is 12.4 Å². The van der Waals surface area contributed by atoms with Gasteiger partial charge in [0.05, 0.1) is 0 Å². The minimum atomic E-state index is 0.0383. The van der Waals surface area contributed by atoms with Gasteiger partial charge in [-0.05, 0) is 33.6 Å². The van der Waals surface area contributed by atoms with Crippen molar-refractivity contribution in [3.63, 3.8) is 0 Å². The van der Waals surface area contributed by atoms with Gasteiger partial charge in [-0.2, -0.15) is 0 Å². The third kappa shape index (κ3) is 2.84. The molecule has 88 valence electrons. The smallest absolute Gasteiger partial charge is 0.134 e. The fraction of sp³-hybridized carbons (Fsp3) is 0.667. The standard InChI is InChI=1S/C12H20N4/c1-12(2,3)15-10-8-11(14-9-13-10)16-6-4-5-7-16/h8-9H,4-7H2,1-3H3,(H,13,14,15). The molecule has 1 aromatic rings. The number of rotatable bonds is 2. The van der Waals surface area contributed by atoms with Crippen LogP contribution >= 0.6 is 0 Å². The molecule has 0 spiro atoms. The van der Waals surface area contributed by atoms with Crippen molar-refractivity contribution in [2.24, 2.45) is 0 Å². The van der Waals surface area contributed by atoms with Crippen molar-refractivity contribution in [2.75, 3.05) is 23.3 Å². The summed E-state index contributed by atoms with van der Waals surface area (Å²) in [6.07, 6.45) is 4.18. The summed E-state index contributed by atoms with van der Waals surface area (Å²) in [6.45, 7) is 8.62. The summed E-state index contributed by atoms with van der Waals surface area (Å²) >= 11 is 0. The Labute approximate surface area is 97.1 Å². The first-order valence-corrected chi connectivity index (χ1v) is 5.90. The molecule has 0 saturated carbocycles. The minimum Gasteiger partial charge on any atom is -0.365 e. The van der Waals surface area contributed by atoms with E-state index in [-0.39, 0.29) is 5.54 Å². The van der Waals surface area contributed by atoms with Crippen molar-refractivity contribution in [2.45, 2.75) is 39.2 Å². The number of hydrogen-bond acceptors (Lipinski definition) is 4. The highest BCUT2D eigenvalue weighted by Crippen LogP contribution is 2.20. The van der Waals surface area contributed by atoms with Crippen LogP contribution in [0.3, 0.4) is 0 Å². The monoisotopic (exact) mass is 220 g/mol. The summed E-state index contributed by atoms with van der Waals surface area (Å²) in [6, 6.07) is 2.04. The summed E-state index contributed by atoms with van der Waals surface area (Å²) < 4.78 is 0. The van der Waals surface area contributed by atoms with E-state index in [0.29, 0.717) is 0 Å². The Balaban J connectivity index is 2.12. The molecule has 0 amide bonds. The van der Waals surface area contributed by atoms with E-state index >= 15 is 0 Å². The second-order valence-corrected chi connectivity index (χ2v) is 5.33. The number of aromatic nitrogens is 2. The van der Waals surface area contributed by atoms with E-state index in [1.54, 1.807) is 6.33 Å². The first-order valence-electron chi connectivity index (χ1n) is 5.90. The normalized spacial score (nSPS) is 16.6. The third-order valence-electron chi connectivity index (χ3n) is 2.59. The Morgan fingerprint density at radius 3 is 2.50 bits per heavy atom. The molecule has 2 rings (SSSR count). The second kappa shape index (κ2) is 4.28. The van der Waals surface area contributed by atoms with Gasteiger partial charge < -0.3 is 10.2 Å². The molecule has 0 unspecified atom stereocenters. The quantitative estimate of drug-likeness (QED) is 0.830. The zero-order valence-corrected chi connectivity index (χ0v) is 10.3. The molecular formula is C12H20N4. The van der Waals surface area contributed by atoms with E-state index in [1.165, 1.54) is 12.8 Å². The van der Waals surface area contributed by atoms with Crippen molar-refractivity contribution in [3.8, 4) is 0 Å². The number of anilines is 2. The van der Waals surface area contributed by atoms with Crippen LogP contribution in [0.25, 0.3) is 0 Å². The highest BCUT2D eigenvalue weighted by atomic mass is 15.2. The number of nitrogens with one attached hydrogen (secondary N) is 1. The molecule has 0 bridgehead atoms. The molecule has 1 fully saturated rings. The Bertz CT molecular complexity index is 350. The van der Waals surface area contributed by atoms with Gasteiger partial charge in [0, 0.05) is 24.7 Å². The van der Waals surface area contributed by atoms with Gasteiger partial charge in [0.25, 0.3) is 0 Å². The fourth-order valence-electron chi connectivity index (χ4n) is 1.92. The molecule has 4 nitrogen and oxygen atoms in total. The zero-order chi connectivity index (χ0) is 11.6. The lowest BCUT2D eigenvalue weighted by atomic mass is 10.1. The van der Waals surface area contributed by atoms with Crippen LogP contribution in [0.1, 0.15) is 33.6 Å². The van der Waals surface area contributed by atoms with E-state index < -0.39 is 0 Å². The first kappa shape index (κ1) is 11.2. The van der Waals surface area contributed by atoms with E-state index in [4.69, 9.17) is 0 Å². The average molecular weight is 220 g/mol.